The van der Waals surface area contributed by atoms with Gasteiger partial charge in [0.1, 0.15) is 5.82 Å². The fourth-order valence-electron chi connectivity index (χ4n) is 3.35. The van der Waals surface area contributed by atoms with Gasteiger partial charge in [0, 0.05) is 30.2 Å². The van der Waals surface area contributed by atoms with E-state index in [1.165, 1.54) is 5.57 Å². The molecule has 2 heterocycles. The molecule has 2 rings (SSSR count). The third kappa shape index (κ3) is 5.08. The number of allylic oxidation sites excluding steroid dienone is 4. The highest BCUT2D eigenvalue weighted by Crippen LogP contribution is 2.28. The molecule has 2 aromatic rings. The summed E-state index contributed by atoms with van der Waals surface area (Å²) >= 11 is 0. The summed E-state index contributed by atoms with van der Waals surface area (Å²) in [5.74, 6) is 0.833. The Morgan fingerprint density at radius 1 is 1.14 bits per heavy atom. The molecule has 0 spiro atoms. The Kier molecular flexibility index (Phi) is 7.94. The van der Waals surface area contributed by atoms with Crippen LogP contribution in [-0.2, 0) is 0 Å². The molecule has 2 N–H and O–H groups in total. The smallest absolute Gasteiger partial charge is 0.126 e. The van der Waals surface area contributed by atoms with Crippen molar-refractivity contribution in [3.8, 4) is 0 Å². The van der Waals surface area contributed by atoms with E-state index >= 15 is 0 Å². The normalized spacial score (nSPS) is 14.8. The topological polar surface area (TPSA) is 58.0 Å². The van der Waals surface area contributed by atoms with Crippen molar-refractivity contribution >= 4 is 22.2 Å². The Hall–Kier alpha value is -2.46. The van der Waals surface area contributed by atoms with E-state index in [9.17, 15) is 5.11 Å². The van der Waals surface area contributed by atoms with Crippen LogP contribution in [0.15, 0.2) is 53.4 Å². The average molecular weight is 380 g/mol. The highest BCUT2D eigenvalue weighted by Gasteiger charge is 2.13. The van der Waals surface area contributed by atoms with E-state index in [0.717, 1.165) is 58.3 Å². The summed E-state index contributed by atoms with van der Waals surface area (Å²) < 4.78 is 0. The van der Waals surface area contributed by atoms with Crippen molar-refractivity contribution in [3.05, 3.63) is 59.1 Å². The van der Waals surface area contributed by atoms with Gasteiger partial charge in [0.15, 0.2) is 0 Å². The van der Waals surface area contributed by atoms with Crippen LogP contribution in [0.4, 0.5) is 5.82 Å². The first-order valence-corrected chi connectivity index (χ1v) is 10.1. The number of hydrogen-bond acceptors (Lipinski definition) is 4. The number of aromatic nitrogens is 2. The summed E-state index contributed by atoms with van der Waals surface area (Å²) in [7, 11) is 1.86. The molecule has 150 valence electrons. The Balaban J connectivity index is 2.45. The van der Waals surface area contributed by atoms with Gasteiger partial charge in [0.25, 0.3) is 0 Å². The summed E-state index contributed by atoms with van der Waals surface area (Å²) in [6.45, 7) is 10.4. The predicted molar refractivity (Wildman–Crippen MR) is 120 cm³/mol. The molecule has 0 saturated heterocycles. The maximum Gasteiger partial charge on any atom is 0.126 e. The zero-order chi connectivity index (χ0) is 20.7. The second-order valence-electron chi connectivity index (χ2n) is 7.16. The van der Waals surface area contributed by atoms with Crippen molar-refractivity contribution in [2.24, 2.45) is 0 Å². The van der Waals surface area contributed by atoms with Crippen LogP contribution >= 0.6 is 0 Å². The minimum absolute atomic E-state index is 0.424. The number of nitrogens with zero attached hydrogens (tertiary/aromatic N) is 2. The van der Waals surface area contributed by atoms with Gasteiger partial charge in [-0.05, 0) is 62.5 Å². The van der Waals surface area contributed by atoms with Crippen molar-refractivity contribution in [2.75, 3.05) is 12.4 Å². The van der Waals surface area contributed by atoms with E-state index in [1.54, 1.807) is 0 Å². The molecule has 2 aromatic heterocycles. The third-order valence-electron chi connectivity index (χ3n) is 5.17. The molecule has 28 heavy (non-hydrogen) atoms. The molecule has 0 aliphatic carbocycles. The summed E-state index contributed by atoms with van der Waals surface area (Å²) in [5, 5.41) is 15.8. The van der Waals surface area contributed by atoms with Gasteiger partial charge >= 0.3 is 0 Å². The van der Waals surface area contributed by atoms with Gasteiger partial charge < -0.3 is 10.4 Å². The molecule has 0 amide bonds. The van der Waals surface area contributed by atoms with Crippen molar-refractivity contribution in [1.29, 1.82) is 0 Å². The van der Waals surface area contributed by atoms with E-state index in [-0.39, 0.29) is 0 Å². The molecule has 1 atom stereocenters. The summed E-state index contributed by atoms with van der Waals surface area (Å²) in [6, 6.07) is 4.07. The lowest BCUT2D eigenvalue weighted by Crippen LogP contribution is -2.11. The number of rotatable bonds is 8. The molecular formula is C24H33N3O. The van der Waals surface area contributed by atoms with Gasteiger partial charge in [-0.15, -0.1) is 0 Å². The molecule has 4 nitrogen and oxygen atoms in total. The minimum Gasteiger partial charge on any atom is -0.388 e. The third-order valence-corrected chi connectivity index (χ3v) is 5.17. The first-order valence-electron chi connectivity index (χ1n) is 10.1. The number of aliphatic hydroxyl groups is 1. The Labute approximate surface area is 169 Å². The largest absolute Gasteiger partial charge is 0.388 e. The van der Waals surface area contributed by atoms with Crippen LogP contribution in [0.25, 0.3) is 16.3 Å². The number of pyridine rings is 2. The Bertz CT molecular complexity index is 909. The first kappa shape index (κ1) is 21.8. The van der Waals surface area contributed by atoms with Crippen LogP contribution < -0.4 is 5.32 Å². The number of anilines is 1. The van der Waals surface area contributed by atoms with Crippen molar-refractivity contribution in [1.82, 2.24) is 9.97 Å². The van der Waals surface area contributed by atoms with Crippen LogP contribution in [0.2, 0.25) is 0 Å². The minimum atomic E-state index is -0.424. The van der Waals surface area contributed by atoms with Crippen molar-refractivity contribution in [2.45, 2.75) is 60.0 Å². The van der Waals surface area contributed by atoms with Crippen LogP contribution in [0.1, 0.15) is 59.6 Å². The van der Waals surface area contributed by atoms with Gasteiger partial charge in [-0.3, -0.25) is 4.98 Å². The molecular weight excluding hydrogens is 346 g/mol. The van der Waals surface area contributed by atoms with Gasteiger partial charge in [-0.25, -0.2) is 4.98 Å². The van der Waals surface area contributed by atoms with E-state index < -0.39 is 6.10 Å². The average Bonchev–Trinajstić information content (AvgIpc) is 2.71. The van der Waals surface area contributed by atoms with Gasteiger partial charge in [0.2, 0.25) is 0 Å². The monoisotopic (exact) mass is 379 g/mol. The zero-order valence-corrected chi connectivity index (χ0v) is 18.0. The van der Waals surface area contributed by atoms with Crippen LogP contribution in [0.5, 0.6) is 0 Å². The first-order chi connectivity index (χ1) is 13.4. The quantitative estimate of drug-likeness (QED) is 0.560. The number of aliphatic hydroxyl groups excluding tert-OH is 1. The Morgan fingerprint density at radius 3 is 2.43 bits per heavy atom. The van der Waals surface area contributed by atoms with Crippen molar-refractivity contribution in [3.63, 3.8) is 0 Å². The highest BCUT2D eigenvalue weighted by atomic mass is 16.3. The maximum absolute atomic E-state index is 10.6. The zero-order valence-electron chi connectivity index (χ0n) is 18.0. The number of fused-ring (bicyclic) bond motifs is 1. The number of hydrogen-bond donors (Lipinski definition) is 2. The SMILES string of the molecule is C\C=C(/C(C)=C\C(=C(/C)CC)C(O)CCC)c1cc2cnc(NC)cc2cn1. The lowest BCUT2D eigenvalue weighted by molar-refractivity contribution is 0.201. The standard InChI is InChI=1S/C24H33N3O/c1-7-10-23(28)21(16(4)8-2)11-17(5)20(9-3)22-12-18-15-27-24(25-6)13-19(18)14-26-22/h9,11-15,23,28H,7-8,10H2,1-6H3,(H,25,27)/b17-11-,20-9+,21-16-. The Morgan fingerprint density at radius 2 is 1.82 bits per heavy atom. The van der Waals surface area contributed by atoms with Gasteiger partial charge in [-0.2, -0.15) is 0 Å². The van der Waals surface area contributed by atoms with E-state index in [2.05, 4.69) is 61.2 Å². The number of nitrogens with one attached hydrogen (secondary N) is 1. The molecule has 0 aliphatic heterocycles. The molecule has 0 aliphatic rings. The fourth-order valence-corrected chi connectivity index (χ4v) is 3.35. The second-order valence-corrected chi connectivity index (χ2v) is 7.16. The predicted octanol–water partition coefficient (Wildman–Crippen LogP) is 5.91. The van der Waals surface area contributed by atoms with E-state index in [4.69, 9.17) is 0 Å². The van der Waals surface area contributed by atoms with E-state index in [1.807, 2.05) is 32.4 Å². The van der Waals surface area contributed by atoms with Gasteiger partial charge in [0.05, 0.1) is 11.8 Å². The van der Waals surface area contributed by atoms with Crippen LogP contribution in [-0.4, -0.2) is 28.2 Å². The van der Waals surface area contributed by atoms with E-state index in [0.29, 0.717) is 0 Å². The van der Waals surface area contributed by atoms with Crippen LogP contribution in [0.3, 0.4) is 0 Å². The molecule has 0 saturated carbocycles. The highest BCUT2D eigenvalue weighted by molar-refractivity contribution is 5.88. The summed E-state index contributed by atoms with van der Waals surface area (Å²) in [5.41, 5.74) is 5.35. The van der Waals surface area contributed by atoms with Crippen LogP contribution in [0, 0.1) is 0 Å². The lowest BCUT2D eigenvalue weighted by atomic mass is 9.93. The van der Waals surface area contributed by atoms with Gasteiger partial charge in [-0.1, -0.05) is 38.0 Å². The molecule has 0 bridgehead atoms. The fraction of sp³-hybridized carbons (Fsp3) is 0.417. The maximum atomic E-state index is 10.6. The molecule has 0 fully saturated rings. The molecule has 0 radical (unpaired) electrons. The second kappa shape index (κ2) is 10.2. The summed E-state index contributed by atoms with van der Waals surface area (Å²) in [4.78, 5) is 9.09. The molecule has 4 heteroatoms. The molecule has 1 unspecified atom stereocenters. The van der Waals surface area contributed by atoms with Crippen molar-refractivity contribution < 1.29 is 5.11 Å². The lowest BCUT2D eigenvalue weighted by Gasteiger charge is -2.17. The molecule has 0 aromatic carbocycles. The summed E-state index contributed by atoms with van der Waals surface area (Å²) in [6.07, 6.45) is 10.2.